The molecular formula is C17H23N5. The largest absolute Gasteiger partial charge is 0.325 e. The van der Waals surface area contributed by atoms with E-state index < -0.39 is 0 Å². The Hall–Kier alpha value is -1.88. The van der Waals surface area contributed by atoms with E-state index in [4.69, 9.17) is 5.73 Å². The fourth-order valence-corrected chi connectivity index (χ4v) is 3.90. The first-order chi connectivity index (χ1) is 10.8. The Morgan fingerprint density at radius 3 is 2.86 bits per heavy atom. The normalized spacial score (nSPS) is 18.2. The number of aromatic nitrogens is 4. The third-order valence-electron chi connectivity index (χ3n) is 5.13. The second-order valence-electron chi connectivity index (χ2n) is 6.73. The average molecular weight is 297 g/mol. The maximum Gasteiger partial charge on any atom is 0.159 e. The lowest BCUT2D eigenvalue weighted by Crippen LogP contribution is -2.41. The first kappa shape index (κ1) is 13.8. The highest BCUT2D eigenvalue weighted by atomic mass is 15.1. The summed E-state index contributed by atoms with van der Waals surface area (Å²) in [7, 11) is 0. The number of H-pyrrole nitrogens is 2. The lowest BCUT2D eigenvalue weighted by atomic mass is 9.79. The molecule has 1 aliphatic carbocycles. The molecule has 1 aliphatic rings. The van der Waals surface area contributed by atoms with E-state index in [1.807, 2.05) is 18.5 Å². The lowest BCUT2D eigenvalue weighted by molar-refractivity contribution is 0.272. The number of nitrogens with two attached hydrogens (primary N) is 1. The molecule has 0 aromatic carbocycles. The summed E-state index contributed by atoms with van der Waals surface area (Å²) in [4.78, 5) is 8.66. The molecule has 116 valence electrons. The van der Waals surface area contributed by atoms with Gasteiger partial charge in [-0.2, -0.15) is 0 Å². The monoisotopic (exact) mass is 297 g/mol. The van der Waals surface area contributed by atoms with Gasteiger partial charge in [0.05, 0.1) is 11.7 Å². The van der Waals surface area contributed by atoms with Gasteiger partial charge in [0.15, 0.2) is 5.65 Å². The van der Waals surface area contributed by atoms with Crippen LogP contribution in [-0.2, 0) is 6.42 Å². The maximum atomic E-state index is 6.55. The molecule has 0 radical (unpaired) electrons. The van der Waals surface area contributed by atoms with E-state index in [0.29, 0.717) is 0 Å². The zero-order valence-electron chi connectivity index (χ0n) is 12.9. The van der Waals surface area contributed by atoms with E-state index in [-0.39, 0.29) is 5.54 Å². The number of pyridine rings is 1. The molecule has 0 amide bonds. The minimum atomic E-state index is 0.0725. The van der Waals surface area contributed by atoms with Crippen molar-refractivity contribution in [1.82, 2.24) is 20.2 Å². The molecular weight excluding hydrogens is 274 g/mol. The van der Waals surface area contributed by atoms with Crippen LogP contribution >= 0.6 is 0 Å². The highest BCUT2D eigenvalue weighted by Crippen LogP contribution is 2.31. The van der Waals surface area contributed by atoms with Gasteiger partial charge in [0.2, 0.25) is 0 Å². The quantitative estimate of drug-likeness (QED) is 0.690. The maximum absolute atomic E-state index is 6.55. The van der Waals surface area contributed by atoms with Crippen molar-refractivity contribution in [1.29, 1.82) is 0 Å². The van der Waals surface area contributed by atoms with E-state index in [0.717, 1.165) is 35.8 Å². The third-order valence-corrected chi connectivity index (χ3v) is 5.13. The van der Waals surface area contributed by atoms with Crippen LogP contribution in [0.15, 0.2) is 18.5 Å². The summed E-state index contributed by atoms with van der Waals surface area (Å²) in [6.07, 6.45) is 13.2. The SMILES string of the molecule is NC1(CCCc2[nH][nH]c3cnc4nccc4c23)CCCCC1. The number of nitrogens with one attached hydrogen (secondary N) is 2. The fraction of sp³-hybridized carbons (Fsp3) is 0.529. The van der Waals surface area contributed by atoms with Crippen molar-refractivity contribution in [2.75, 3.05) is 0 Å². The number of aryl methyl sites for hydroxylation is 1. The molecule has 5 heteroatoms. The second kappa shape index (κ2) is 5.39. The Bertz CT molecular complexity index is 779. The molecule has 0 saturated heterocycles. The van der Waals surface area contributed by atoms with Crippen LogP contribution in [0.5, 0.6) is 0 Å². The predicted octanol–water partition coefficient (Wildman–Crippen LogP) is 3.42. The molecule has 3 heterocycles. The van der Waals surface area contributed by atoms with Crippen LogP contribution < -0.4 is 5.73 Å². The summed E-state index contributed by atoms with van der Waals surface area (Å²) in [6.45, 7) is 0. The number of hydrogen-bond acceptors (Lipinski definition) is 3. The highest BCUT2D eigenvalue weighted by molar-refractivity contribution is 6.04. The van der Waals surface area contributed by atoms with Gasteiger partial charge in [-0.1, -0.05) is 19.3 Å². The highest BCUT2D eigenvalue weighted by Gasteiger charge is 2.26. The molecule has 0 atom stereocenters. The smallest absolute Gasteiger partial charge is 0.159 e. The molecule has 0 unspecified atom stereocenters. The standard InChI is InChI=1S/C17H23N5/c18-17(7-2-1-3-8-17)9-4-5-13-15-12-6-10-19-16(12)20-11-14(15)22-21-13/h6,10-11,21-22H,1-5,7-9,18H2. The van der Waals surface area contributed by atoms with Gasteiger partial charge in [-0.25, -0.2) is 9.97 Å². The van der Waals surface area contributed by atoms with E-state index in [9.17, 15) is 0 Å². The Labute approximate surface area is 129 Å². The molecule has 1 fully saturated rings. The van der Waals surface area contributed by atoms with Gasteiger partial charge in [-0.3, -0.25) is 5.10 Å². The first-order valence-electron chi connectivity index (χ1n) is 8.33. The zero-order valence-corrected chi connectivity index (χ0v) is 12.9. The number of aromatic amines is 2. The van der Waals surface area contributed by atoms with Crippen molar-refractivity contribution in [3.8, 4) is 0 Å². The Morgan fingerprint density at radius 1 is 1.14 bits per heavy atom. The second-order valence-corrected chi connectivity index (χ2v) is 6.73. The van der Waals surface area contributed by atoms with Crippen LogP contribution in [0, 0.1) is 0 Å². The summed E-state index contributed by atoms with van der Waals surface area (Å²) < 4.78 is 0. The van der Waals surface area contributed by atoms with Crippen LogP contribution in [0.2, 0.25) is 0 Å². The van der Waals surface area contributed by atoms with Gasteiger partial charge in [-0.15, -0.1) is 0 Å². The summed E-state index contributed by atoms with van der Waals surface area (Å²) in [6, 6.07) is 2.04. The molecule has 0 aliphatic heterocycles. The van der Waals surface area contributed by atoms with E-state index in [1.165, 1.54) is 43.2 Å². The van der Waals surface area contributed by atoms with Crippen molar-refractivity contribution in [3.63, 3.8) is 0 Å². The Kier molecular flexibility index (Phi) is 3.37. The van der Waals surface area contributed by atoms with Gasteiger partial charge < -0.3 is 10.8 Å². The van der Waals surface area contributed by atoms with Crippen LogP contribution in [0.25, 0.3) is 21.9 Å². The predicted molar refractivity (Wildman–Crippen MR) is 88.7 cm³/mol. The van der Waals surface area contributed by atoms with E-state index >= 15 is 0 Å². The summed E-state index contributed by atoms with van der Waals surface area (Å²) >= 11 is 0. The topological polar surface area (TPSA) is 83.4 Å². The first-order valence-corrected chi connectivity index (χ1v) is 8.33. The number of rotatable bonds is 4. The summed E-state index contributed by atoms with van der Waals surface area (Å²) in [5, 5.41) is 8.90. The molecule has 22 heavy (non-hydrogen) atoms. The third kappa shape index (κ3) is 2.39. The van der Waals surface area contributed by atoms with Gasteiger partial charge in [0.1, 0.15) is 0 Å². The lowest BCUT2D eigenvalue weighted by Gasteiger charge is -2.33. The van der Waals surface area contributed by atoms with Crippen molar-refractivity contribution >= 4 is 21.9 Å². The van der Waals surface area contributed by atoms with Crippen molar-refractivity contribution in [3.05, 3.63) is 24.2 Å². The molecule has 3 aromatic heterocycles. The average Bonchev–Trinajstić information content (AvgIpc) is 3.13. The summed E-state index contributed by atoms with van der Waals surface area (Å²) in [5.74, 6) is 0. The number of fused-ring (bicyclic) bond motifs is 3. The zero-order chi connectivity index (χ0) is 15.0. The fourth-order valence-electron chi connectivity index (χ4n) is 3.90. The van der Waals surface area contributed by atoms with Gasteiger partial charge in [0.25, 0.3) is 0 Å². The minimum Gasteiger partial charge on any atom is -0.325 e. The van der Waals surface area contributed by atoms with Crippen LogP contribution in [0.3, 0.4) is 0 Å². The molecule has 5 nitrogen and oxygen atoms in total. The molecule has 0 bridgehead atoms. The molecule has 4 rings (SSSR count). The Morgan fingerprint density at radius 2 is 2.00 bits per heavy atom. The van der Waals surface area contributed by atoms with Gasteiger partial charge >= 0.3 is 0 Å². The van der Waals surface area contributed by atoms with Gasteiger partial charge in [-0.05, 0) is 38.2 Å². The van der Waals surface area contributed by atoms with Gasteiger partial charge in [0, 0.05) is 28.2 Å². The molecule has 4 N–H and O–H groups in total. The Balaban J connectivity index is 1.53. The van der Waals surface area contributed by atoms with Crippen molar-refractivity contribution < 1.29 is 0 Å². The number of nitrogens with zero attached hydrogens (tertiary/aromatic N) is 2. The molecule has 0 spiro atoms. The minimum absolute atomic E-state index is 0.0725. The van der Waals surface area contributed by atoms with E-state index in [2.05, 4.69) is 20.2 Å². The van der Waals surface area contributed by atoms with Crippen LogP contribution in [0.4, 0.5) is 0 Å². The van der Waals surface area contributed by atoms with Crippen LogP contribution in [0.1, 0.15) is 50.6 Å². The van der Waals surface area contributed by atoms with E-state index in [1.54, 1.807) is 0 Å². The van der Waals surface area contributed by atoms with Crippen molar-refractivity contribution in [2.24, 2.45) is 5.73 Å². The molecule has 3 aromatic rings. The summed E-state index contributed by atoms with van der Waals surface area (Å²) in [5.41, 5.74) is 9.74. The van der Waals surface area contributed by atoms with Crippen LogP contribution in [-0.4, -0.2) is 25.7 Å². The number of hydrogen-bond donors (Lipinski definition) is 3. The van der Waals surface area contributed by atoms with Crippen molar-refractivity contribution in [2.45, 2.75) is 56.9 Å². The molecule has 1 saturated carbocycles.